The minimum atomic E-state index is -4.12. The van der Waals surface area contributed by atoms with Gasteiger partial charge in [-0.1, -0.05) is 29.8 Å². The Balaban J connectivity index is 1.81. The zero-order valence-corrected chi connectivity index (χ0v) is 21.5. The fourth-order valence-electron chi connectivity index (χ4n) is 3.40. The molecule has 0 radical (unpaired) electrons. The number of aryl methyl sites for hydroxylation is 1. The number of nitrogens with zero attached hydrogens (tertiary/aromatic N) is 1. The summed E-state index contributed by atoms with van der Waals surface area (Å²) >= 11 is 0. The summed E-state index contributed by atoms with van der Waals surface area (Å²) in [6, 6.07) is 18.3. The van der Waals surface area contributed by atoms with Gasteiger partial charge in [-0.2, -0.15) is 0 Å². The van der Waals surface area contributed by atoms with Crippen molar-refractivity contribution in [2.45, 2.75) is 11.8 Å². The minimum Gasteiger partial charge on any atom is -0.497 e. The van der Waals surface area contributed by atoms with Crippen molar-refractivity contribution < 1.29 is 32.2 Å². The fraction of sp³-hybridized carbons (Fsp3) is 0.269. The van der Waals surface area contributed by atoms with Crippen LogP contribution in [-0.4, -0.2) is 55.4 Å². The smallest absolute Gasteiger partial charge is 0.264 e. The lowest BCUT2D eigenvalue weighted by Gasteiger charge is -2.26. The summed E-state index contributed by atoms with van der Waals surface area (Å²) in [5, 5.41) is 2.71. The molecule has 0 spiro atoms. The minimum absolute atomic E-state index is 0.0466. The third-order valence-corrected chi connectivity index (χ3v) is 7.08. The summed E-state index contributed by atoms with van der Waals surface area (Å²) in [4.78, 5) is 12.9. The van der Waals surface area contributed by atoms with E-state index in [0.29, 0.717) is 17.2 Å². The molecule has 3 aromatic carbocycles. The number of carbonyl (C=O) groups excluding carboxylic acids is 1. The molecule has 0 unspecified atom stereocenters. The Morgan fingerprint density at radius 1 is 0.861 bits per heavy atom. The first kappa shape index (κ1) is 26.7. The van der Waals surface area contributed by atoms with E-state index >= 15 is 0 Å². The molecule has 3 aromatic rings. The highest BCUT2D eigenvalue weighted by molar-refractivity contribution is 7.92. The van der Waals surface area contributed by atoms with E-state index < -0.39 is 22.5 Å². The van der Waals surface area contributed by atoms with E-state index in [4.69, 9.17) is 18.9 Å². The zero-order chi connectivity index (χ0) is 26.1. The van der Waals surface area contributed by atoms with Crippen molar-refractivity contribution in [1.29, 1.82) is 0 Å². The van der Waals surface area contributed by atoms with Crippen LogP contribution < -0.4 is 28.6 Å². The maximum absolute atomic E-state index is 13.6. The zero-order valence-electron chi connectivity index (χ0n) is 20.7. The first-order valence-corrected chi connectivity index (χ1v) is 12.6. The standard InChI is InChI=1S/C26H30N2O7S/c1-19-9-12-21(13-10-19)36(30,31)28(22-17-20(32-2)11-14-23(22)33-3)18-26(29)27-15-16-35-25-8-6-5-7-24(25)34-4/h5-14,17H,15-16,18H2,1-4H3,(H,27,29). The van der Waals surface area contributed by atoms with Crippen molar-refractivity contribution in [3.05, 3.63) is 72.3 Å². The predicted octanol–water partition coefficient (Wildman–Crippen LogP) is 3.41. The maximum Gasteiger partial charge on any atom is 0.264 e. The lowest BCUT2D eigenvalue weighted by atomic mass is 10.2. The van der Waals surface area contributed by atoms with Crippen LogP contribution in [0, 0.1) is 6.92 Å². The molecule has 0 atom stereocenters. The molecule has 1 amide bonds. The van der Waals surface area contributed by atoms with E-state index in [9.17, 15) is 13.2 Å². The number of hydrogen-bond donors (Lipinski definition) is 1. The lowest BCUT2D eigenvalue weighted by molar-refractivity contribution is -0.119. The van der Waals surface area contributed by atoms with Gasteiger partial charge in [0.05, 0.1) is 38.5 Å². The molecule has 0 saturated heterocycles. The molecular formula is C26H30N2O7S. The Hall–Kier alpha value is -3.92. The van der Waals surface area contributed by atoms with Gasteiger partial charge in [-0.05, 0) is 43.3 Å². The Bertz CT molecular complexity index is 1280. The van der Waals surface area contributed by atoms with Crippen molar-refractivity contribution in [3.63, 3.8) is 0 Å². The van der Waals surface area contributed by atoms with Crippen LogP contribution in [0.2, 0.25) is 0 Å². The number of methoxy groups -OCH3 is 3. The number of amides is 1. The van der Waals surface area contributed by atoms with Gasteiger partial charge in [0.25, 0.3) is 10.0 Å². The number of rotatable bonds is 12. The van der Waals surface area contributed by atoms with E-state index in [2.05, 4.69) is 5.32 Å². The van der Waals surface area contributed by atoms with E-state index in [0.717, 1.165) is 9.87 Å². The highest BCUT2D eigenvalue weighted by Gasteiger charge is 2.30. The topological polar surface area (TPSA) is 103 Å². The number of ether oxygens (including phenoxy) is 4. The molecule has 1 N–H and O–H groups in total. The quantitative estimate of drug-likeness (QED) is 0.370. The van der Waals surface area contributed by atoms with Crippen LogP contribution in [0.15, 0.2) is 71.6 Å². The molecule has 192 valence electrons. The number of carbonyl (C=O) groups is 1. The van der Waals surface area contributed by atoms with Gasteiger partial charge in [0, 0.05) is 6.07 Å². The van der Waals surface area contributed by atoms with Crippen LogP contribution in [0.5, 0.6) is 23.0 Å². The van der Waals surface area contributed by atoms with Crippen molar-refractivity contribution in [3.8, 4) is 23.0 Å². The first-order chi connectivity index (χ1) is 17.3. The number of para-hydroxylation sites is 2. The summed E-state index contributed by atoms with van der Waals surface area (Å²) in [5.74, 6) is 1.29. The molecule has 0 aliphatic rings. The highest BCUT2D eigenvalue weighted by Crippen LogP contribution is 2.35. The Kier molecular flexibility index (Phi) is 9.02. The van der Waals surface area contributed by atoms with E-state index in [1.165, 1.54) is 32.4 Å². The SMILES string of the molecule is COc1ccc(OC)c(N(CC(=O)NCCOc2ccccc2OC)S(=O)(=O)c2ccc(C)cc2)c1. The summed E-state index contributed by atoms with van der Waals surface area (Å²) in [6.07, 6.45) is 0. The summed E-state index contributed by atoms with van der Waals surface area (Å²) in [6.45, 7) is 1.71. The van der Waals surface area contributed by atoms with E-state index in [1.54, 1.807) is 43.5 Å². The Labute approximate surface area is 211 Å². The molecule has 9 nitrogen and oxygen atoms in total. The van der Waals surface area contributed by atoms with Gasteiger partial charge in [0.15, 0.2) is 11.5 Å². The normalized spacial score (nSPS) is 10.9. The molecule has 36 heavy (non-hydrogen) atoms. The van der Waals surface area contributed by atoms with Gasteiger partial charge in [0.1, 0.15) is 24.7 Å². The molecule has 0 aliphatic heterocycles. The third-order valence-electron chi connectivity index (χ3n) is 5.30. The van der Waals surface area contributed by atoms with Gasteiger partial charge in [-0.3, -0.25) is 9.10 Å². The number of nitrogens with one attached hydrogen (secondary N) is 1. The highest BCUT2D eigenvalue weighted by atomic mass is 32.2. The summed E-state index contributed by atoms with van der Waals surface area (Å²) in [7, 11) is 0.324. The molecule has 0 bridgehead atoms. The van der Waals surface area contributed by atoms with Crippen LogP contribution in [0.1, 0.15) is 5.56 Å². The number of benzene rings is 3. The second-order valence-corrected chi connectivity index (χ2v) is 9.57. The van der Waals surface area contributed by atoms with E-state index in [1.807, 2.05) is 19.1 Å². The van der Waals surface area contributed by atoms with Crippen LogP contribution >= 0.6 is 0 Å². The number of hydrogen-bond acceptors (Lipinski definition) is 7. The molecule has 10 heteroatoms. The van der Waals surface area contributed by atoms with Gasteiger partial charge < -0.3 is 24.3 Å². The summed E-state index contributed by atoms with van der Waals surface area (Å²) < 4.78 is 49.9. The molecule has 0 aromatic heterocycles. The molecular weight excluding hydrogens is 484 g/mol. The lowest BCUT2D eigenvalue weighted by Crippen LogP contribution is -2.42. The molecule has 3 rings (SSSR count). The van der Waals surface area contributed by atoms with Crippen molar-refractivity contribution in [1.82, 2.24) is 5.32 Å². The number of sulfonamides is 1. The average molecular weight is 515 g/mol. The van der Waals surface area contributed by atoms with Crippen molar-refractivity contribution in [2.75, 3.05) is 45.3 Å². The monoisotopic (exact) mass is 514 g/mol. The van der Waals surface area contributed by atoms with Crippen molar-refractivity contribution >= 4 is 21.6 Å². The predicted molar refractivity (Wildman–Crippen MR) is 137 cm³/mol. The van der Waals surface area contributed by atoms with Crippen LogP contribution in [0.4, 0.5) is 5.69 Å². The summed E-state index contributed by atoms with van der Waals surface area (Å²) in [5.41, 5.74) is 1.09. The van der Waals surface area contributed by atoms with Crippen LogP contribution in [0.25, 0.3) is 0 Å². The van der Waals surface area contributed by atoms with Gasteiger partial charge in [-0.25, -0.2) is 8.42 Å². The van der Waals surface area contributed by atoms with Crippen LogP contribution in [-0.2, 0) is 14.8 Å². The largest absolute Gasteiger partial charge is 0.497 e. The molecule has 0 saturated carbocycles. The number of anilines is 1. The molecule has 0 fully saturated rings. The molecule has 0 aliphatic carbocycles. The second kappa shape index (κ2) is 12.2. The van der Waals surface area contributed by atoms with Gasteiger partial charge in [-0.15, -0.1) is 0 Å². The molecule has 0 heterocycles. The van der Waals surface area contributed by atoms with Crippen LogP contribution in [0.3, 0.4) is 0 Å². The maximum atomic E-state index is 13.6. The van der Waals surface area contributed by atoms with E-state index in [-0.39, 0.29) is 29.5 Å². The second-order valence-electron chi connectivity index (χ2n) is 7.71. The third kappa shape index (κ3) is 6.39. The van der Waals surface area contributed by atoms with Gasteiger partial charge >= 0.3 is 0 Å². The Morgan fingerprint density at radius 3 is 2.17 bits per heavy atom. The average Bonchev–Trinajstić information content (AvgIpc) is 2.89. The Morgan fingerprint density at radius 2 is 1.53 bits per heavy atom. The van der Waals surface area contributed by atoms with Gasteiger partial charge in [0.2, 0.25) is 5.91 Å². The first-order valence-electron chi connectivity index (χ1n) is 11.1. The van der Waals surface area contributed by atoms with Crippen molar-refractivity contribution in [2.24, 2.45) is 0 Å². The fourth-order valence-corrected chi connectivity index (χ4v) is 4.83.